The molecule has 0 aliphatic rings. The van der Waals surface area contributed by atoms with Gasteiger partial charge in [0.2, 0.25) is 0 Å². The summed E-state index contributed by atoms with van der Waals surface area (Å²) < 4.78 is 21.5. The smallest absolute Gasteiger partial charge is 0.308 e. The molecule has 4 rings (SSSR count). The van der Waals surface area contributed by atoms with E-state index in [-0.39, 0.29) is 30.2 Å². The van der Waals surface area contributed by atoms with Crippen LogP contribution in [-0.4, -0.2) is 57.9 Å². The summed E-state index contributed by atoms with van der Waals surface area (Å²) in [6.45, 7) is 7.06. The van der Waals surface area contributed by atoms with Gasteiger partial charge in [-0.25, -0.2) is 0 Å². The number of azo groups is 3. The summed E-state index contributed by atoms with van der Waals surface area (Å²) in [5.41, 5.74) is 3.95. The minimum Gasteiger partial charge on any atom is -0.494 e. The number of rotatable bonds is 19. The number of ether oxygens (including phenoxy) is 4. The summed E-state index contributed by atoms with van der Waals surface area (Å²) in [6.07, 6.45) is 0.975. The molecular weight excluding hydrogens is 708 g/mol. The number of nitrogens with zero attached hydrogens (tertiary/aromatic N) is 8. The van der Waals surface area contributed by atoms with Crippen molar-refractivity contribution in [2.75, 3.05) is 45.9 Å². The molecule has 2 atom stereocenters. The number of non-ortho nitro benzene ring substituents is 1. The highest BCUT2D eigenvalue weighted by Gasteiger charge is 2.25. The monoisotopic (exact) mass is 752 g/mol. The lowest BCUT2D eigenvalue weighted by molar-refractivity contribution is -0.384. The van der Waals surface area contributed by atoms with Crippen LogP contribution in [0.3, 0.4) is 0 Å². The van der Waals surface area contributed by atoms with Crippen LogP contribution in [0, 0.1) is 22.0 Å². The molecule has 0 aliphatic heterocycles. The first kappa shape index (κ1) is 41.2. The molecule has 4 aromatic carbocycles. The van der Waals surface area contributed by atoms with Crippen LogP contribution in [0.25, 0.3) is 0 Å². The average Bonchev–Trinajstić information content (AvgIpc) is 3.22. The van der Waals surface area contributed by atoms with E-state index in [4.69, 9.17) is 18.9 Å². The van der Waals surface area contributed by atoms with E-state index in [1.165, 1.54) is 45.6 Å². The standard InChI is InChI=1S/C39H44N8O8/c1-7-27(39(49)54-6)23-26(3)38(48)55-22-21-46(8-2)32-17-13-31(14-18-32)43-45-35-25-36(52-4)34(24-37(35)53-5)44-42-29-11-9-28(10-12-29)40-41-30-15-19-33(20-16-30)47(50)51/h9-20,24-27H,7-8,21-23H2,1-6H3. The van der Waals surface area contributed by atoms with Gasteiger partial charge in [-0.2, -0.15) is 20.5 Å². The van der Waals surface area contributed by atoms with Crippen LogP contribution < -0.4 is 14.4 Å². The Balaban J connectivity index is 1.35. The van der Waals surface area contributed by atoms with Crippen LogP contribution >= 0.6 is 0 Å². The van der Waals surface area contributed by atoms with Gasteiger partial charge in [-0.15, -0.1) is 10.2 Å². The lowest BCUT2D eigenvalue weighted by Gasteiger charge is -2.23. The van der Waals surface area contributed by atoms with Crippen LogP contribution in [0.5, 0.6) is 11.5 Å². The second-order valence-corrected chi connectivity index (χ2v) is 12.1. The van der Waals surface area contributed by atoms with Gasteiger partial charge >= 0.3 is 11.9 Å². The number of hydrogen-bond donors (Lipinski definition) is 0. The van der Waals surface area contributed by atoms with Crippen molar-refractivity contribution in [1.82, 2.24) is 0 Å². The first-order chi connectivity index (χ1) is 26.6. The quantitative estimate of drug-likeness (QED) is 0.0388. The molecule has 0 saturated carbocycles. The highest BCUT2D eigenvalue weighted by atomic mass is 16.6. The molecule has 0 spiro atoms. The Morgan fingerprint density at radius 3 is 1.58 bits per heavy atom. The molecule has 16 heteroatoms. The molecule has 0 N–H and O–H groups in total. The van der Waals surface area contributed by atoms with Gasteiger partial charge in [0.25, 0.3) is 5.69 Å². The van der Waals surface area contributed by atoms with Crippen LogP contribution in [0.2, 0.25) is 0 Å². The minimum atomic E-state index is -0.475. The first-order valence-corrected chi connectivity index (χ1v) is 17.5. The van der Waals surface area contributed by atoms with E-state index < -0.39 is 10.8 Å². The summed E-state index contributed by atoms with van der Waals surface area (Å²) >= 11 is 0. The zero-order valence-corrected chi connectivity index (χ0v) is 31.6. The summed E-state index contributed by atoms with van der Waals surface area (Å²) in [5, 5.41) is 36.5. The molecule has 0 aliphatic carbocycles. The van der Waals surface area contributed by atoms with Crippen molar-refractivity contribution in [3.63, 3.8) is 0 Å². The second kappa shape index (κ2) is 20.6. The summed E-state index contributed by atoms with van der Waals surface area (Å²) in [5.74, 6) is -0.593. The molecule has 0 amide bonds. The zero-order valence-electron chi connectivity index (χ0n) is 31.6. The minimum absolute atomic E-state index is 0.0214. The first-order valence-electron chi connectivity index (χ1n) is 17.5. The molecule has 0 radical (unpaired) electrons. The number of carbonyl (C=O) groups is 2. The van der Waals surface area contributed by atoms with Crippen molar-refractivity contribution >= 4 is 57.4 Å². The molecule has 16 nitrogen and oxygen atoms in total. The largest absolute Gasteiger partial charge is 0.494 e. The fourth-order valence-electron chi connectivity index (χ4n) is 5.31. The van der Waals surface area contributed by atoms with Crippen LogP contribution in [0.4, 0.5) is 45.5 Å². The van der Waals surface area contributed by atoms with Crippen molar-refractivity contribution in [3.05, 3.63) is 95.0 Å². The van der Waals surface area contributed by atoms with Crippen molar-refractivity contribution in [1.29, 1.82) is 0 Å². The van der Waals surface area contributed by atoms with E-state index in [1.807, 2.05) is 38.1 Å². The average molecular weight is 753 g/mol. The predicted octanol–water partition coefficient (Wildman–Crippen LogP) is 10.5. The highest BCUT2D eigenvalue weighted by molar-refractivity contribution is 5.75. The number of anilines is 1. The number of benzene rings is 4. The van der Waals surface area contributed by atoms with Crippen LogP contribution in [0.15, 0.2) is 116 Å². The Morgan fingerprint density at radius 1 is 0.709 bits per heavy atom. The van der Waals surface area contributed by atoms with Crippen molar-refractivity contribution in [2.45, 2.75) is 33.6 Å². The Labute approximate surface area is 319 Å². The number of esters is 2. The normalized spacial score (nSPS) is 12.5. The van der Waals surface area contributed by atoms with Gasteiger partial charge in [0.05, 0.1) is 67.4 Å². The van der Waals surface area contributed by atoms with Crippen LogP contribution in [0.1, 0.15) is 33.6 Å². The molecule has 2 unspecified atom stereocenters. The van der Waals surface area contributed by atoms with E-state index in [2.05, 4.69) is 35.6 Å². The van der Waals surface area contributed by atoms with E-state index >= 15 is 0 Å². The Kier molecular flexibility index (Phi) is 15.4. The molecule has 0 bridgehead atoms. The summed E-state index contributed by atoms with van der Waals surface area (Å²) in [7, 11) is 4.38. The number of methoxy groups -OCH3 is 3. The van der Waals surface area contributed by atoms with Crippen molar-refractivity contribution < 1.29 is 33.5 Å². The predicted molar refractivity (Wildman–Crippen MR) is 206 cm³/mol. The molecule has 0 aromatic heterocycles. The summed E-state index contributed by atoms with van der Waals surface area (Å²) in [4.78, 5) is 36.9. The maximum absolute atomic E-state index is 12.6. The van der Waals surface area contributed by atoms with Gasteiger partial charge < -0.3 is 23.8 Å². The molecular formula is C39H44N8O8. The third-order valence-electron chi connectivity index (χ3n) is 8.49. The zero-order chi connectivity index (χ0) is 39.7. The third-order valence-corrected chi connectivity index (χ3v) is 8.49. The maximum atomic E-state index is 12.6. The number of nitro groups is 1. The molecule has 55 heavy (non-hydrogen) atoms. The topological polar surface area (TPSA) is 192 Å². The fraction of sp³-hybridized carbons (Fsp3) is 0.333. The number of likely N-dealkylation sites (N-methyl/N-ethyl adjacent to an activating group) is 1. The molecule has 288 valence electrons. The highest BCUT2D eigenvalue weighted by Crippen LogP contribution is 2.41. The van der Waals surface area contributed by atoms with Gasteiger partial charge in [-0.3, -0.25) is 19.7 Å². The molecule has 0 fully saturated rings. The maximum Gasteiger partial charge on any atom is 0.308 e. The lowest BCUT2D eigenvalue weighted by atomic mass is 9.94. The Morgan fingerprint density at radius 2 is 1.16 bits per heavy atom. The van der Waals surface area contributed by atoms with E-state index in [1.54, 1.807) is 43.3 Å². The number of carbonyl (C=O) groups excluding carboxylic acids is 2. The molecule has 0 heterocycles. The second-order valence-electron chi connectivity index (χ2n) is 12.1. The van der Waals surface area contributed by atoms with E-state index in [9.17, 15) is 19.7 Å². The Hall–Kier alpha value is -6.58. The number of hydrogen-bond acceptors (Lipinski definition) is 15. The SMILES string of the molecule is CCC(CC(C)C(=O)OCCN(CC)c1ccc(N=Nc2cc(OC)c(N=Nc3ccc(N=Nc4ccc([N+](=O)[O-])cc4)cc3)cc2OC)cc1)C(=O)OC. The number of nitro benzene ring substituents is 1. The van der Waals surface area contributed by atoms with Crippen molar-refractivity contribution in [2.24, 2.45) is 42.5 Å². The fourth-order valence-corrected chi connectivity index (χ4v) is 5.31. The van der Waals surface area contributed by atoms with E-state index in [0.29, 0.717) is 71.6 Å². The molecule has 4 aromatic rings. The van der Waals surface area contributed by atoms with Gasteiger partial charge in [0.1, 0.15) is 29.5 Å². The third kappa shape index (κ3) is 12.0. The van der Waals surface area contributed by atoms with Gasteiger partial charge in [-0.05, 0) is 80.4 Å². The van der Waals surface area contributed by atoms with E-state index in [0.717, 1.165) is 5.69 Å². The van der Waals surface area contributed by atoms with Crippen molar-refractivity contribution in [3.8, 4) is 11.5 Å². The van der Waals surface area contributed by atoms with Gasteiger partial charge in [-0.1, -0.05) is 13.8 Å². The van der Waals surface area contributed by atoms with Gasteiger partial charge in [0, 0.05) is 36.5 Å². The van der Waals surface area contributed by atoms with Gasteiger partial charge in [0.15, 0.2) is 0 Å². The van der Waals surface area contributed by atoms with Crippen LogP contribution in [-0.2, 0) is 19.1 Å². The summed E-state index contributed by atoms with van der Waals surface area (Å²) in [6, 6.07) is 23.5. The molecule has 0 saturated heterocycles. The Bertz CT molecular complexity index is 1990. The lowest BCUT2D eigenvalue weighted by Crippen LogP contribution is -2.29.